The number of hydrogen-bond donors (Lipinski definition) is 1. The Labute approximate surface area is 158 Å². The average Bonchev–Trinajstić information content (AvgIpc) is 2.91. The van der Waals surface area contributed by atoms with Crippen molar-refractivity contribution in [3.8, 4) is 11.5 Å². The van der Waals surface area contributed by atoms with Gasteiger partial charge in [-0.3, -0.25) is 4.79 Å². The molecule has 7 heteroatoms. The van der Waals surface area contributed by atoms with Crippen molar-refractivity contribution >= 4 is 17.5 Å². The van der Waals surface area contributed by atoms with Crippen molar-refractivity contribution in [1.29, 1.82) is 0 Å². The van der Waals surface area contributed by atoms with E-state index in [1.807, 2.05) is 13.8 Å². The van der Waals surface area contributed by atoms with Gasteiger partial charge in [0.1, 0.15) is 5.76 Å². The van der Waals surface area contributed by atoms with Crippen LogP contribution >= 0.6 is 11.6 Å². The van der Waals surface area contributed by atoms with Gasteiger partial charge in [-0.05, 0) is 38.3 Å². The second-order valence-corrected chi connectivity index (χ2v) is 6.91. The summed E-state index contributed by atoms with van der Waals surface area (Å²) >= 11 is 6.31. The number of nitrogens with zero attached hydrogens (tertiary/aromatic N) is 1. The molecule has 0 spiro atoms. The first-order chi connectivity index (χ1) is 12.3. The van der Waals surface area contributed by atoms with Crippen LogP contribution in [-0.2, 0) is 6.54 Å². The summed E-state index contributed by atoms with van der Waals surface area (Å²) in [7, 11) is 1.52. The third kappa shape index (κ3) is 4.91. The van der Waals surface area contributed by atoms with E-state index < -0.39 is 0 Å². The summed E-state index contributed by atoms with van der Waals surface area (Å²) in [6.45, 7) is 8.74. The molecule has 1 amide bonds. The van der Waals surface area contributed by atoms with Crippen LogP contribution in [0.5, 0.6) is 11.5 Å². The maximum Gasteiger partial charge on any atom is 0.251 e. The summed E-state index contributed by atoms with van der Waals surface area (Å²) < 4.78 is 16.2. The molecule has 0 saturated carbocycles. The Balaban J connectivity index is 2.11. The van der Waals surface area contributed by atoms with E-state index in [1.54, 1.807) is 12.1 Å². The highest BCUT2D eigenvalue weighted by atomic mass is 35.5. The van der Waals surface area contributed by atoms with Crippen LogP contribution in [0.1, 0.15) is 47.6 Å². The van der Waals surface area contributed by atoms with Crippen molar-refractivity contribution in [3.05, 3.63) is 39.7 Å². The first-order valence-corrected chi connectivity index (χ1v) is 8.91. The third-order valence-electron chi connectivity index (χ3n) is 4.04. The second kappa shape index (κ2) is 8.94. The van der Waals surface area contributed by atoms with E-state index in [2.05, 4.69) is 24.3 Å². The quantitative estimate of drug-likeness (QED) is 0.738. The first kappa shape index (κ1) is 20.1. The second-order valence-electron chi connectivity index (χ2n) is 6.51. The monoisotopic (exact) mass is 380 g/mol. The number of benzene rings is 1. The molecule has 0 aliphatic carbocycles. The Morgan fingerprint density at radius 2 is 2.08 bits per heavy atom. The molecular formula is C19H25ClN2O4. The number of carbonyl (C=O) groups excluding carboxylic acids is 1. The molecule has 0 fully saturated rings. The van der Waals surface area contributed by atoms with E-state index in [0.717, 1.165) is 17.7 Å². The molecule has 1 heterocycles. The molecule has 2 aromatic rings. The summed E-state index contributed by atoms with van der Waals surface area (Å²) in [6, 6.07) is 3.21. The molecule has 6 nitrogen and oxygen atoms in total. The highest BCUT2D eigenvalue weighted by Gasteiger charge is 2.17. The molecule has 0 bridgehead atoms. The fourth-order valence-electron chi connectivity index (χ4n) is 2.41. The van der Waals surface area contributed by atoms with E-state index in [-0.39, 0.29) is 5.91 Å². The first-order valence-electron chi connectivity index (χ1n) is 8.53. The number of halogens is 1. The summed E-state index contributed by atoms with van der Waals surface area (Å²) in [5.74, 6) is 1.83. The van der Waals surface area contributed by atoms with Crippen LogP contribution in [0.15, 0.2) is 16.7 Å². The summed E-state index contributed by atoms with van der Waals surface area (Å²) in [4.78, 5) is 12.5. The Bertz CT molecular complexity index is 752. The number of carbonyl (C=O) groups is 1. The minimum atomic E-state index is -0.265. The van der Waals surface area contributed by atoms with Gasteiger partial charge in [-0.2, -0.15) is 0 Å². The number of aromatic nitrogens is 1. The van der Waals surface area contributed by atoms with Gasteiger partial charge in [0.05, 0.1) is 24.4 Å². The van der Waals surface area contributed by atoms with E-state index >= 15 is 0 Å². The van der Waals surface area contributed by atoms with Crippen LogP contribution in [0.25, 0.3) is 0 Å². The molecule has 142 valence electrons. The SMILES string of the molecule is COc1cc(C(=O)NCc2c(C)noc2C)cc(Cl)c1OCCC(C)C. The van der Waals surface area contributed by atoms with Crippen molar-refractivity contribution in [2.24, 2.45) is 5.92 Å². The predicted molar refractivity (Wildman–Crippen MR) is 100 cm³/mol. The molecule has 0 unspecified atom stereocenters. The highest BCUT2D eigenvalue weighted by molar-refractivity contribution is 6.32. The van der Waals surface area contributed by atoms with Crippen molar-refractivity contribution in [2.45, 2.75) is 40.7 Å². The van der Waals surface area contributed by atoms with Crippen LogP contribution in [0.3, 0.4) is 0 Å². The Kier molecular flexibility index (Phi) is 6.91. The highest BCUT2D eigenvalue weighted by Crippen LogP contribution is 2.36. The lowest BCUT2D eigenvalue weighted by molar-refractivity contribution is 0.0950. The zero-order valence-electron chi connectivity index (χ0n) is 15.8. The van der Waals surface area contributed by atoms with Gasteiger partial charge in [0.15, 0.2) is 11.5 Å². The molecule has 0 aliphatic rings. The fraction of sp³-hybridized carbons (Fsp3) is 0.474. The molecule has 0 aliphatic heterocycles. The minimum Gasteiger partial charge on any atom is -0.493 e. The Hall–Kier alpha value is -2.21. The van der Waals surface area contributed by atoms with Crippen LogP contribution in [-0.4, -0.2) is 24.8 Å². The molecule has 2 rings (SSSR count). The summed E-state index contributed by atoms with van der Waals surface area (Å²) in [6.07, 6.45) is 0.902. The van der Waals surface area contributed by atoms with Crippen LogP contribution < -0.4 is 14.8 Å². The molecule has 1 N–H and O–H groups in total. The third-order valence-corrected chi connectivity index (χ3v) is 4.32. The van der Waals surface area contributed by atoms with Gasteiger partial charge in [0, 0.05) is 17.7 Å². The van der Waals surface area contributed by atoms with E-state index in [4.69, 9.17) is 25.6 Å². The van der Waals surface area contributed by atoms with Crippen LogP contribution in [0.2, 0.25) is 5.02 Å². The standard InChI is InChI=1S/C19H25ClN2O4/c1-11(2)6-7-25-18-16(20)8-14(9-17(18)24-5)19(23)21-10-15-12(3)22-26-13(15)4/h8-9,11H,6-7,10H2,1-5H3,(H,21,23). The number of rotatable bonds is 8. The Morgan fingerprint density at radius 1 is 1.35 bits per heavy atom. The van der Waals surface area contributed by atoms with Crippen molar-refractivity contribution in [2.75, 3.05) is 13.7 Å². The molecular weight excluding hydrogens is 356 g/mol. The maximum absolute atomic E-state index is 12.5. The normalized spacial score (nSPS) is 10.9. The average molecular weight is 381 g/mol. The van der Waals surface area contributed by atoms with Gasteiger partial charge in [0.25, 0.3) is 5.91 Å². The lowest BCUT2D eigenvalue weighted by Crippen LogP contribution is -2.23. The minimum absolute atomic E-state index is 0.265. The number of hydrogen-bond acceptors (Lipinski definition) is 5. The van der Waals surface area contributed by atoms with Crippen molar-refractivity contribution in [1.82, 2.24) is 10.5 Å². The van der Waals surface area contributed by atoms with Gasteiger partial charge >= 0.3 is 0 Å². The molecule has 1 aromatic heterocycles. The lowest BCUT2D eigenvalue weighted by Gasteiger charge is -2.15. The number of ether oxygens (including phenoxy) is 2. The topological polar surface area (TPSA) is 73.6 Å². The van der Waals surface area contributed by atoms with Gasteiger partial charge in [-0.15, -0.1) is 0 Å². The van der Waals surface area contributed by atoms with Crippen molar-refractivity contribution < 1.29 is 18.8 Å². The van der Waals surface area contributed by atoms with Gasteiger partial charge in [0.2, 0.25) is 0 Å². The number of nitrogens with one attached hydrogen (secondary N) is 1. The van der Waals surface area contributed by atoms with Gasteiger partial charge in [-0.25, -0.2) is 0 Å². The van der Waals surface area contributed by atoms with Crippen molar-refractivity contribution in [3.63, 3.8) is 0 Å². The Morgan fingerprint density at radius 3 is 2.65 bits per heavy atom. The molecule has 1 aromatic carbocycles. The lowest BCUT2D eigenvalue weighted by atomic mass is 10.1. The summed E-state index contributed by atoms with van der Waals surface area (Å²) in [5.41, 5.74) is 2.02. The fourth-order valence-corrected chi connectivity index (χ4v) is 2.68. The van der Waals surface area contributed by atoms with Crippen LogP contribution in [0, 0.1) is 19.8 Å². The zero-order chi connectivity index (χ0) is 19.3. The van der Waals surface area contributed by atoms with Crippen LogP contribution in [0.4, 0.5) is 0 Å². The smallest absolute Gasteiger partial charge is 0.251 e. The largest absolute Gasteiger partial charge is 0.493 e. The number of aryl methyl sites for hydroxylation is 2. The molecule has 0 saturated heterocycles. The molecule has 0 radical (unpaired) electrons. The van der Waals surface area contributed by atoms with E-state index in [0.29, 0.717) is 46.9 Å². The van der Waals surface area contributed by atoms with Gasteiger partial charge < -0.3 is 19.3 Å². The molecule has 0 atom stereocenters. The number of amides is 1. The zero-order valence-corrected chi connectivity index (χ0v) is 16.6. The van der Waals surface area contributed by atoms with E-state index in [9.17, 15) is 4.79 Å². The summed E-state index contributed by atoms with van der Waals surface area (Å²) in [5, 5.41) is 7.07. The maximum atomic E-state index is 12.5. The van der Waals surface area contributed by atoms with E-state index in [1.165, 1.54) is 7.11 Å². The predicted octanol–water partition coefficient (Wildman–Crippen LogP) is 4.31. The molecule has 26 heavy (non-hydrogen) atoms. The van der Waals surface area contributed by atoms with Gasteiger partial charge in [-0.1, -0.05) is 30.6 Å². The number of methoxy groups -OCH3 is 1.